The van der Waals surface area contributed by atoms with E-state index in [1.165, 1.54) is 5.56 Å². The minimum atomic E-state index is 0.470. The third-order valence-corrected chi connectivity index (χ3v) is 3.37. The zero-order chi connectivity index (χ0) is 14.6. The van der Waals surface area contributed by atoms with E-state index in [2.05, 4.69) is 6.07 Å². The third-order valence-electron chi connectivity index (χ3n) is 3.37. The highest BCUT2D eigenvalue weighted by atomic mass is 16.5. The van der Waals surface area contributed by atoms with Gasteiger partial charge in [0.1, 0.15) is 5.75 Å². The van der Waals surface area contributed by atoms with Crippen molar-refractivity contribution in [1.29, 1.82) is 0 Å². The van der Waals surface area contributed by atoms with Crippen molar-refractivity contribution in [3.05, 3.63) is 29.8 Å². The smallest absolute Gasteiger partial charge is 0.122 e. The van der Waals surface area contributed by atoms with Crippen LogP contribution in [0.3, 0.4) is 0 Å². The molecule has 0 saturated carbocycles. The fourth-order valence-electron chi connectivity index (χ4n) is 2.20. The summed E-state index contributed by atoms with van der Waals surface area (Å²) in [6.45, 7) is 2.78. The molecule has 1 unspecified atom stereocenters. The second kappa shape index (κ2) is 10.7. The number of ether oxygens (including phenoxy) is 3. The van der Waals surface area contributed by atoms with E-state index in [1.807, 2.05) is 18.2 Å². The summed E-state index contributed by atoms with van der Waals surface area (Å²) in [5.74, 6) is 1.42. The van der Waals surface area contributed by atoms with Crippen molar-refractivity contribution in [3.8, 4) is 5.75 Å². The molecule has 0 heterocycles. The molecule has 0 aliphatic rings. The van der Waals surface area contributed by atoms with Gasteiger partial charge in [0.05, 0.1) is 20.3 Å². The largest absolute Gasteiger partial charge is 0.496 e. The summed E-state index contributed by atoms with van der Waals surface area (Å²) in [4.78, 5) is 0. The number of rotatable bonds is 11. The predicted octanol–water partition coefficient (Wildman–Crippen LogP) is 2.26. The maximum Gasteiger partial charge on any atom is 0.122 e. The van der Waals surface area contributed by atoms with Crippen molar-refractivity contribution < 1.29 is 14.2 Å². The second-order valence-corrected chi connectivity index (χ2v) is 4.87. The van der Waals surface area contributed by atoms with Gasteiger partial charge in [0.2, 0.25) is 0 Å². The first kappa shape index (κ1) is 17.0. The van der Waals surface area contributed by atoms with Crippen LogP contribution < -0.4 is 10.5 Å². The van der Waals surface area contributed by atoms with Gasteiger partial charge in [0, 0.05) is 13.7 Å². The molecule has 0 fully saturated rings. The molecule has 0 spiro atoms. The molecule has 1 atom stereocenters. The average Bonchev–Trinajstić information content (AvgIpc) is 2.50. The Kier molecular flexibility index (Phi) is 9.04. The molecule has 4 heteroatoms. The minimum absolute atomic E-state index is 0.470. The Hall–Kier alpha value is -1.10. The molecule has 1 aromatic rings. The van der Waals surface area contributed by atoms with Crippen LogP contribution in [0.1, 0.15) is 18.4 Å². The summed E-state index contributed by atoms with van der Waals surface area (Å²) in [5, 5.41) is 0. The molecule has 20 heavy (non-hydrogen) atoms. The zero-order valence-electron chi connectivity index (χ0n) is 12.6. The van der Waals surface area contributed by atoms with Crippen molar-refractivity contribution in [2.45, 2.75) is 19.3 Å². The monoisotopic (exact) mass is 281 g/mol. The number of nitrogens with two attached hydrogens (primary N) is 1. The molecule has 0 aromatic heterocycles. The molecular weight excluding hydrogens is 254 g/mol. The molecule has 0 saturated heterocycles. The molecular formula is C16H27NO3. The van der Waals surface area contributed by atoms with E-state index in [0.717, 1.165) is 31.6 Å². The summed E-state index contributed by atoms with van der Waals surface area (Å²) in [5.41, 5.74) is 7.10. The lowest BCUT2D eigenvalue weighted by atomic mass is 9.94. The molecule has 0 radical (unpaired) electrons. The number of hydrogen-bond donors (Lipinski definition) is 1. The molecule has 0 aliphatic heterocycles. The fourth-order valence-corrected chi connectivity index (χ4v) is 2.20. The van der Waals surface area contributed by atoms with E-state index in [1.54, 1.807) is 14.2 Å². The summed E-state index contributed by atoms with van der Waals surface area (Å²) in [6.07, 6.45) is 3.06. The summed E-state index contributed by atoms with van der Waals surface area (Å²) < 4.78 is 15.8. The molecule has 0 bridgehead atoms. The first-order valence-corrected chi connectivity index (χ1v) is 7.20. The highest BCUT2D eigenvalue weighted by Crippen LogP contribution is 2.22. The van der Waals surface area contributed by atoms with Crippen molar-refractivity contribution in [3.63, 3.8) is 0 Å². The van der Waals surface area contributed by atoms with E-state index in [4.69, 9.17) is 19.9 Å². The van der Waals surface area contributed by atoms with Crippen molar-refractivity contribution in [2.24, 2.45) is 11.7 Å². The Morgan fingerprint density at radius 3 is 2.60 bits per heavy atom. The van der Waals surface area contributed by atoms with Crippen LogP contribution in [0.25, 0.3) is 0 Å². The predicted molar refractivity (Wildman–Crippen MR) is 81.2 cm³/mol. The summed E-state index contributed by atoms with van der Waals surface area (Å²) in [6, 6.07) is 8.13. The van der Waals surface area contributed by atoms with Crippen LogP contribution in [0, 0.1) is 5.92 Å². The minimum Gasteiger partial charge on any atom is -0.496 e. The van der Waals surface area contributed by atoms with Gasteiger partial charge in [-0.05, 0) is 43.4 Å². The van der Waals surface area contributed by atoms with Crippen molar-refractivity contribution in [1.82, 2.24) is 0 Å². The topological polar surface area (TPSA) is 53.7 Å². The van der Waals surface area contributed by atoms with Gasteiger partial charge in [-0.25, -0.2) is 0 Å². The Labute approximate surface area is 122 Å². The van der Waals surface area contributed by atoms with Gasteiger partial charge >= 0.3 is 0 Å². The van der Waals surface area contributed by atoms with E-state index < -0.39 is 0 Å². The van der Waals surface area contributed by atoms with Crippen LogP contribution in [0.5, 0.6) is 5.75 Å². The Balaban J connectivity index is 2.31. The Morgan fingerprint density at radius 1 is 1.10 bits per heavy atom. The lowest BCUT2D eigenvalue weighted by molar-refractivity contribution is 0.0673. The zero-order valence-corrected chi connectivity index (χ0v) is 12.6. The molecule has 0 aliphatic carbocycles. The first-order valence-electron chi connectivity index (χ1n) is 7.20. The van der Waals surface area contributed by atoms with Gasteiger partial charge in [0.25, 0.3) is 0 Å². The van der Waals surface area contributed by atoms with Crippen LogP contribution in [0.4, 0.5) is 0 Å². The number of methoxy groups -OCH3 is 2. The number of hydrogen-bond acceptors (Lipinski definition) is 4. The maximum atomic E-state index is 5.87. The normalized spacial score (nSPS) is 12.3. The molecule has 4 nitrogen and oxygen atoms in total. The number of para-hydroxylation sites is 1. The van der Waals surface area contributed by atoms with Crippen molar-refractivity contribution in [2.75, 3.05) is 40.6 Å². The van der Waals surface area contributed by atoms with E-state index in [0.29, 0.717) is 25.7 Å². The van der Waals surface area contributed by atoms with Crippen LogP contribution in [-0.4, -0.2) is 40.6 Å². The molecule has 1 rings (SSSR count). The Bertz CT molecular complexity index is 357. The van der Waals surface area contributed by atoms with Crippen LogP contribution in [0.15, 0.2) is 24.3 Å². The highest BCUT2D eigenvalue weighted by molar-refractivity contribution is 5.33. The maximum absolute atomic E-state index is 5.87. The first-order chi connectivity index (χ1) is 9.81. The van der Waals surface area contributed by atoms with Crippen LogP contribution in [-0.2, 0) is 15.9 Å². The third kappa shape index (κ3) is 6.37. The number of benzene rings is 1. The average molecular weight is 281 g/mol. The van der Waals surface area contributed by atoms with E-state index in [9.17, 15) is 0 Å². The lowest BCUT2D eigenvalue weighted by Crippen LogP contribution is -2.18. The summed E-state index contributed by atoms with van der Waals surface area (Å²) >= 11 is 0. The SMILES string of the molecule is COCCOCCCC(CN)Cc1ccccc1OC. The molecule has 2 N–H and O–H groups in total. The fraction of sp³-hybridized carbons (Fsp3) is 0.625. The summed E-state index contributed by atoms with van der Waals surface area (Å²) in [7, 11) is 3.39. The van der Waals surface area contributed by atoms with Crippen LogP contribution >= 0.6 is 0 Å². The van der Waals surface area contributed by atoms with Crippen molar-refractivity contribution >= 4 is 0 Å². The molecule has 114 valence electrons. The lowest BCUT2D eigenvalue weighted by Gasteiger charge is -2.16. The van der Waals surface area contributed by atoms with E-state index >= 15 is 0 Å². The molecule has 1 aromatic carbocycles. The molecule has 0 amide bonds. The van der Waals surface area contributed by atoms with Gasteiger partial charge in [0.15, 0.2) is 0 Å². The van der Waals surface area contributed by atoms with Gasteiger partial charge in [-0.15, -0.1) is 0 Å². The van der Waals surface area contributed by atoms with Gasteiger partial charge in [-0.3, -0.25) is 0 Å². The second-order valence-electron chi connectivity index (χ2n) is 4.87. The van der Waals surface area contributed by atoms with E-state index in [-0.39, 0.29) is 0 Å². The van der Waals surface area contributed by atoms with Gasteiger partial charge in [-0.1, -0.05) is 18.2 Å². The quantitative estimate of drug-likeness (QED) is 0.632. The standard InChI is InChI=1S/C16H27NO3/c1-18-10-11-20-9-5-6-14(13-17)12-15-7-3-4-8-16(15)19-2/h3-4,7-8,14H,5-6,9-13,17H2,1-2H3. The van der Waals surface area contributed by atoms with Gasteiger partial charge in [-0.2, -0.15) is 0 Å². The van der Waals surface area contributed by atoms with Gasteiger partial charge < -0.3 is 19.9 Å². The Morgan fingerprint density at radius 2 is 1.90 bits per heavy atom. The highest BCUT2D eigenvalue weighted by Gasteiger charge is 2.11. The van der Waals surface area contributed by atoms with Crippen LogP contribution in [0.2, 0.25) is 0 Å².